The molecule has 1 atom stereocenters. The summed E-state index contributed by atoms with van der Waals surface area (Å²) in [6, 6.07) is 9.13. The molecule has 2 aliphatic rings. The van der Waals surface area contributed by atoms with Gasteiger partial charge in [0.15, 0.2) is 5.01 Å². The van der Waals surface area contributed by atoms with Gasteiger partial charge in [0.25, 0.3) is 5.91 Å². The molecule has 2 aromatic carbocycles. The van der Waals surface area contributed by atoms with E-state index in [0.717, 1.165) is 34.3 Å². The van der Waals surface area contributed by atoms with Crippen molar-refractivity contribution in [3.05, 3.63) is 57.0 Å². The Kier molecular flexibility index (Phi) is 6.53. The average molecular weight is 534 g/mol. The van der Waals surface area contributed by atoms with Crippen molar-refractivity contribution in [2.24, 2.45) is 0 Å². The number of piperazine rings is 1. The Hall–Kier alpha value is -2.57. The maximum Gasteiger partial charge on any atom is 0.283 e. The van der Waals surface area contributed by atoms with Gasteiger partial charge in [-0.25, -0.2) is 13.4 Å². The Bertz CT molecular complexity index is 1400. The number of fused-ring (bicyclic) bond motifs is 2. The molecule has 0 saturated carbocycles. The number of amides is 2. The van der Waals surface area contributed by atoms with Crippen LogP contribution in [-0.2, 0) is 27.8 Å². The van der Waals surface area contributed by atoms with Gasteiger partial charge in [-0.1, -0.05) is 23.7 Å². The lowest BCUT2D eigenvalue weighted by Crippen LogP contribution is -2.61. The van der Waals surface area contributed by atoms with Gasteiger partial charge in [0.1, 0.15) is 6.04 Å². The summed E-state index contributed by atoms with van der Waals surface area (Å²) >= 11 is 7.37. The first kappa shape index (κ1) is 24.1. The first-order valence-electron chi connectivity index (χ1n) is 11.2. The molecule has 1 fully saturated rings. The zero-order valence-corrected chi connectivity index (χ0v) is 21.3. The van der Waals surface area contributed by atoms with E-state index in [0.29, 0.717) is 16.6 Å². The van der Waals surface area contributed by atoms with Crippen LogP contribution in [0, 0.1) is 0 Å². The number of likely N-dealkylation sites (N-methyl/N-ethyl adjacent to an activating group) is 1. The standard InChI is InChI=1S/C23H24ClN5O4S2/c1-25-21(30)19-13-28(35(32,33)17-5-3-14-10-16(24)4-2-15(14)11-17)8-9-29(19)23(31)22-27-18-6-7-26-12-20(18)34-22/h2-5,10-11,19,26H,6-9,12-13H2,1H3,(H,25,30). The van der Waals surface area contributed by atoms with Gasteiger partial charge in [0.05, 0.1) is 10.6 Å². The van der Waals surface area contributed by atoms with E-state index >= 15 is 0 Å². The lowest BCUT2D eigenvalue weighted by Gasteiger charge is -2.39. The minimum absolute atomic E-state index is 0.0763. The summed E-state index contributed by atoms with van der Waals surface area (Å²) in [5.74, 6) is -0.771. The topological polar surface area (TPSA) is 112 Å². The number of nitrogens with zero attached hydrogens (tertiary/aromatic N) is 3. The molecule has 1 aromatic heterocycles. The molecule has 1 saturated heterocycles. The summed E-state index contributed by atoms with van der Waals surface area (Å²) in [6.07, 6.45) is 0.752. The number of sulfonamides is 1. The Morgan fingerprint density at radius 2 is 1.94 bits per heavy atom. The van der Waals surface area contributed by atoms with Crippen molar-refractivity contribution in [3.8, 4) is 0 Å². The predicted octanol–water partition coefficient (Wildman–Crippen LogP) is 1.86. The third kappa shape index (κ3) is 4.54. The zero-order valence-electron chi connectivity index (χ0n) is 19.0. The molecule has 0 bridgehead atoms. The van der Waals surface area contributed by atoms with Crippen LogP contribution in [0.2, 0.25) is 5.02 Å². The van der Waals surface area contributed by atoms with Crippen LogP contribution in [0.15, 0.2) is 41.3 Å². The number of hydrogen-bond donors (Lipinski definition) is 2. The first-order chi connectivity index (χ1) is 16.8. The highest BCUT2D eigenvalue weighted by molar-refractivity contribution is 7.89. The van der Waals surface area contributed by atoms with Gasteiger partial charge in [-0.2, -0.15) is 4.31 Å². The van der Waals surface area contributed by atoms with Crippen LogP contribution in [0.25, 0.3) is 10.8 Å². The molecule has 0 aliphatic carbocycles. The Labute approximate surface area is 212 Å². The monoisotopic (exact) mass is 533 g/mol. The lowest BCUT2D eigenvalue weighted by molar-refractivity contribution is -0.126. The van der Waals surface area contributed by atoms with Gasteiger partial charge >= 0.3 is 0 Å². The Balaban J connectivity index is 1.41. The number of rotatable bonds is 4. The second-order valence-electron chi connectivity index (χ2n) is 8.46. The van der Waals surface area contributed by atoms with E-state index in [-0.39, 0.29) is 30.4 Å². The maximum atomic E-state index is 13.5. The minimum atomic E-state index is -3.89. The third-order valence-corrected chi connectivity index (χ3v) is 9.53. The van der Waals surface area contributed by atoms with Gasteiger partial charge in [-0.3, -0.25) is 9.59 Å². The quantitative estimate of drug-likeness (QED) is 0.529. The summed E-state index contributed by atoms with van der Waals surface area (Å²) < 4.78 is 28.2. The molecular formula is C23H24ClN5O4S2. The van der Waals surface area contributed by atoms with Crippen LogP contribution < -0.4 is 10.6 Å². The number of thiazole rings is 1. The van der Waals surface area contributed by atoms with Crippen molar-refractivity contribution in [1.29, 1.82) is 0 Å². The summed E-state index contributed by atoms with van der Waals surface area (Å²) in [7, 11) is -2.42. The molecule has 0 radical (unpaired) electrons. The number of nitrogens with one attached hydrogen (secondary N) is 2. The maximum absolute atomic E-state index is 13.5. The van der Waals surface area contributed by atoms with Gasteiger partial charge in [-0.15, -0.1) is 11.3 Å². The van der Waals surface area contributed by atoms with E-state index in [9.17, 15) is 18.0 Å². The second-order valence-corrected chi connectivity index (χ2v) is 11.9. The van der Waals surface area contributed by atoms with Crippen molar-refractivity contribution in [2.75, 3.05) is 33.2 Å². The lowest BCUT2D eigenvalue weighted by atomic mass is 10.1. The number of halogens is 1. The molecule has 5 rings (SSSR count). The van der Waals surface area contributed by atoms with Gasteiger partial charge in [0.2, 0.25) is 15.9 Å². The van der Waals surface area contributed by atoms with E-state index in [2.05, 4.69) is 15.6 Å². The molecule has 3 aromatic rings. The molecule has 3 heterocycles. The van der Waals surface area contributed by atoms with Crippen molar-refractivity contribution < 1.29 is 18.0 Å². The smallest absolute Gasteiger partial charge is 0.283 e. The van der Waals surface area contributed by atoms with Crippen molar-refractivity contribution >= 4 is 55.5 Å². The number of benzene rings is 2. The molecule has 12 heteroatoms. The molecule has 2 amide bonds. The van der Waals surface area contributed by atoms with Crippen LogP contribution in [-0.4, -0.2) is 73.7 Å². The number of carbonyl (C=O) groups is 2. The van der Waals surface area contributed by atoms with Gasteiger partial charge in [0, 0.05) is 56.1 Å². The van der Waals surface area contributed by atoms with Crippen molar-refractivity contribution in [1.82, 2.24) is 24.8 Å². The Morgan fingerprint density at radius 3 is 2.71 bits per heavy atom. The zero-order chi connectivity index (χ0) is 24.7. The van der Waals surface area contributed by atoms with E-state index in [1.54, 1.807) is 30.3 Å². The van der Waals surface area contributed by atoms with Crippen molar-refractivity contribution in [2.45, 2.75) is 23.9 Å². The first-order valence-corrected chi connectivity index (χ1v) is 13.8. The van der Waals surface area contributed by atoms with E-state index in [1.165, 1.54) is 33.7 Å². The minimum Gasteiger partial charge on any atom is -0.357 e. The fraction of sp³-hybridized carbons (Fsp3) is 0.348. The fourth-order valence-electron chi connectivity index (χ4n) is 4.45. The SMILES string of the molecule is CNC(=O)C1CN(S(=O)(=O)c2ccc3cc(Cl)ccc3c2)CCN1C(=O)c1nc2c(s1)CNCC2. The molecule has 9 nitrogen and oxygen atoms in total. The predicted molar refractivity (Wildman–Crippen MR) is 134 cm³/mol. The molecule has 0 spiro atoms. The molecule has 2 aliphatic heterocycles. The highest BCUT2D eigenvalue weighted by Gasteiger charge is 2.40. The Morgan fingerprint density at radius 1 is 1.17 bits per heavy atom. The average Bonchev–Trinajstić information content (AvgIpc) is 3.31. The number of hydrogen-bond acceptors (Lipinski definition) is 7. The van der Waals surface area contributed by atoms with Gasteiger partial charge < -0.3 is 15.5 Å². The molecule has 2 N–H and O–H groups in total. The normalized spacial score (nSPS) is 18.9. The molecule has 1 unspecified atom stereocenters. The van der Waals surface area contributed by atoms with E-state index in [4.69, 9.17) is 11.6 Å². The highest BCUT2D eigenvalue weighted by Crippen LogP contribution is 2.28. The number of carbonyl (C=O) groups excluding carboxylic acids is 2. The molecule has 184 valence electrons. The summed E-state index contributed by atoms with van der Waals surface area (Å²) in [5.41, 5.74) is 0.910. The van der Waals surface area contributed by atoms with Crippen LogP contribution in [0.4, 0.5) is 0 Å². The van der Waals surface area contributed by atoms with E-state index < -0.39 is 22.0 Å². The van der Waals surface area contributed by atoms with Crippen LogP contribution in [0.3, 0.4) is 0 Å². The highest BCUT2D eigenvalue weighted by atomic mass is 35.5. The van der Waals surface area contributed by atoms with E-state index in [1.807, 2.05) is 0 Å². The summed E-state index contributed by atoms with van der Waals surface area (Å²) in [5, 5.41) is 8.30. The molecular weight excluding hydrogens is 510 g/mol. The van der Waals surface area contributed by atoms with Crippen LogP contribution in [0.5, 0.6) is 0 Å². The third-order valence-electron chi connectivity index (χ3n) is 6.35. The molecule has 35 heavy (non-hydrogen) atoms. The fourth-order valence-corrected chi connectivity index (χ4v) is 7.14. The largest absolute Gasteiger partial charge is 0.357 e. The second kappa shape index (κ2) is 9.47. The summed E-state index contributed by atoms with van der Waals surface area (Å²) in [4.78, 5) is 33.2. The van der Waals surface area contributed by atoms with Crippen molar-refractivity contribution in [3.63, 3.8) is 0 Å². The van der Waals surface area contributed by atoms with Crippen LogP contribution >= 0.6 is 22.9 Å². The van der Waals surface area contributed by atoms with Crippen LogP contribution in [0.1, 0.15) is 20.4 Å². The summed E-state index contributed by atoms with van der Waals surface area (Å²) in [6.45, 7) is 1.50. The number of aromatic nitrogens is 1. The van der Waals surface area contributed by atoms with Gasteiger partial charge in [-0.05, 0) is 35.0 Å².